The monoisotopic (exact) mass is 247 g/mol. The average Bonchev–Trinajstić information content (AvgIpc) is 3.08. The van der Waals surface area contributed by atoms with Gasteiger partial charge < -0.3 is 14.8 Å². The van der Waals surface area contributed by atoms with Crippen LogP contribution in [0.25, 0.3) is 0 Å². The van der Waals surface area contributed by atoms with Gasteiger partial charge in [0, 0.05) is 12.0 Å². The number of benzene rings is 1. The summed E-state index contributed by atoms with van der Waals surface area (Å²) in [5, 5.41) is 3.49. The van der Waals surface area contributed by atoms with E-state index in [1.54, 1.807) is 0 Å². The molecule has 1 saturated carbocycles. The van der Waals surface area contributed by atoms with Gasteiger partial charge in [0.05, 0.1) is 0 Å². The summed E-state index contributed by atoms with van der Waals surface area (Å²) < 4.78 is 11.3. The summed E-state index contributed by atoms with van der Waals surface area (Å²) in [6.07, 6.45) is 1.26. The first kappa shape index (κ1) is 11.8. The molecule has 3 rings (SSSR count). The number of rotatable bonds is 4. The molecule has 2 aliphatic rings. The Morgan fingerprint density at radius 3 is 2.67 bits per heavy atom. The fraction of sp³-hybridized carbons (Fsp3) is 0.600. The maximum atomic E-state index is 5.68. The highest BCUT2D eigenvalue weighted by atomic mass is 16.6. The van der Waals surface area contributed by atoms with Crippen LogP contribution >= 0.6 is 0 Å². The van der Waals surface area contributed by atoms with E-state index in [0.717, 1.165) is 30.5 Å². The summed E-state index contributed by atoms with van der Waals surface area (Å²) in [6.45, 7) is 7.89. The van der Waals surface area contributed by atoms with E-state index in [9.17, 15) is 0 Å². The summed E-state index contributed by atoms with van der Waals surface area (Å²) in [5.41, 5.74) is 1.70. The standard InChI is InChI=1S/C15H21NO2/c1-3-16-10-15(9-11(15)2)12-4-5-13-14(8-12)18-7-6-17-13/h4-5,8,11,16H,3,6-7,9-10H2,1-2H3. The van der Waals surface area contributed by atoms with Crippen molar-refractivity contribution in [2.45, 2.75) is 25.7 Å². The Morgan fingerprint density at radius 1 is 1.28 bits per heavy atom. The molecule has 1 aromatic carbocycles. The van der Waals surface area contributed by atoms with Gasteiger partial charge >= 0.3 is 0 Å². The second kappa shape index (κ2) is 4.47. The van der Waals surface area contributed by atoms with E-state index in [1.807, 2.05) is 0 Å². The molecule has 0 spiro atoms. The number of hydrogen-bond acceptors (Lipinski definition) is 3. The van der Waals surface area contributed by atoms with Crippen LogP contribution in [-0.2, 0) is 5.41 Å². The normalized spacial score (nSPS) is 29.1. The predicted molar refractivity (Wildman–Crippen MR) is 71.4 cm³/mol. The molecule has 3 nitrogen and oxygen atoms in total. The third-order valence-corrected chi connectivity index (χ3v) is 4.26. The van der Waals surface area contributed by atoms with Crippen molar-refractivity contribution in [2.75, 3.05) is 26.3 Å². The average molecular weight is 247 g/mol. The SMILES string of the molecule is CCNCC1(c2ccc3c(c2)OCCO3)CC1C. The molecule has 2 atom stereocenters. The summed E-state index contributed by atoms with van der Waals surface area (Å²) in [5.74, 6) is 2.55. The zero-order valence-corrected chi connectivity index (χ0v) is 11.2. The molecule has 0 bridgehead atoms. The van der Waals surface area contributed by atoms with Gasteiger partial charge in [-0.05, 0) is 36.6 Å². The lowest BCUT2D eigenvalue weighted by Gasteiger charge is -2.22. The molecule has 1 fully saturated rings. The second-order valence-corrected chi connectivity index (χ2v) is 5.40. The van der Waals surface area contributed by atoms with E-state index >= 15 is 0 Å². The molecular formula is C15H21NO2. The first-order chi connectivity index (χ1) is 8.76. The molecule has 1 heterocycles. The molecule has 1 N–H and O–H groups in total. The number of nitrogens with one attached hydrogen (secondary N) is 1. The number of fused-ring (bicyclic) bond motifs is 1. The third-order valence-electron chi connectivity index (χ3n) is 4.26. The van der Waals surface area contributed by atoms with Crippen LogP contribution in [0.4, 0.5) is 0 Å². The molecule has 1 aliphatic carbocycles. The number of ether oxygens (including phenoxy) is 2. The molecular weight excluding hydrogens is 226 g/mol. The predicted octanol–water partition coefficient (Wildman–Crippen LogP) is 2.34. The van der Waals surface area contributed by atoms with Gasteiger partial charge in [-0.3, -0.25) is 0 Å². The van der Waals surface area contributed by atoms with Crippen molar-refractivity contribution in [1.29, 1.82) is 0 Å². The quantitative estimate of drug-likeness (QED) is 0.886. The lowest BCUT2D eigenvalue weighted by molar-refractivity contribution is 0.171. The molecule has 0 aromatic heterocycles. The van der Waals surface area contributed by atoms with E-state index in [1.165, 1.54) is 12.0 Å². The highest BCUT2D eigenvalue weighted by molar-refractivity contribution is 5.48. The van der Waals surface area contributed by atoms with Crippen molar-refractivity contribution in [3.63, 3.8) is 0 Å². The Balaban J connectivity index is 1.87. The van der Waals surface area contributed by atoms with Crippen molar-refractivity contribution < 1.29 is 9.47 Å². The Labute approximate surface area is 108 Å². The van der Waals surface area contributed by atoms with E-state index in [0.29, 0.717) is 18.6 Å². The molecule has 1 aliphatic heterocycles. The smallest absolute Gasteiger partial charge is 0.161 e. The van der Waals surface area contributed by atoms with E-state index in [-0.39, 0.29) is 0 Å². The van der Waals surface area contributed by atoms with Crippen molar-refractivity contribution >= 4 is 0 Å². The van der Waals surface area contributed by atoms with Gasteiger partial charge in [0.1, 0.15) is 13.2 Å². The van der Waals surface area contributed by atoms with Crippen molar-refractivity contribution in [2.24, 2.45) is 5.92 Å². The van der Waals surface area contributed by atoms with E-state index in [4.69, 9.17) is 9.47 Å². The van der Waals surface area contributed by atoms with Gasteiger partial charge in [-0.15, -0.1) is 0 Å². The highest BCUT2D eigenvalue weighted by Crippen LogP contribution is 2.54. The summed E-state index contributed by atoms with van der Waals surface area (Å²) in [6, 6.07) is 6.44. The van der Waals surface area contributed by atoms with Crippen molar-refractivity contribution in [3.05, 3.63) is 23.8 Å². The zero-order valence-electron chi connectivity index (χ0n) is 11.2. The van der Waals surface area contributed by atoms with Gasteiger partial charge in [-0.25, -0.2) is 0 Å². The fourth-order valence-corrected chi connectivity index (χ4v) is 2.94. The van der Waals surface area contributed by atoms with Crippen LogP contribution in [-0.4, -0.2) is 26.3 Å². The summed E-state index contributed by atoms with van der Waals surface area (Å²) in [7, 11) is 0. The topological polar surface area (TPSA) is 30.5 Å². The largest absolute Gasteiger partial charge is 0.486 e. The third kappa shape index (κ3) is 1.87. The zero-order chi connectivity index (χ0) is 12.6. The second-order valence-electron chi connectivity index (χ2n) is 5.40. The van der Waals surface area contributed by atoms with Crippen LogP contribution < -0.4 is 14.8 Å². The van der Waals surface area contributed by atoms with Crippen molar-refractivity contribution in [1.82, 2.24) is 5.32 Å². The minimum atomic E-state index is 0.311. The van der Waals surface area contributed by atoms with E-state index < -0.39 is 0 Å². The minimum absolute atomic E-state index is 0.311. The van der Waals surface area contributed by atoms with Crippen LogP contribution in [0.15, 0.2) is 18.2 Å². The van der Waals surface area contributed by atoms with Gasteiger partial charge in [-0.2, -0.15) is 0 Å². The molecule has 3 heteroatoms. The fourth-order valence-electron chi connectivity index (χ4n) is 2.94. The first-order valence-corrected chi connectivity index (χ1v) is 6.87. The van der Waals surface area contributed by atoms with Gasteiger partial charge in [0.15, 0.2) is 11.5 Å². The molecule has 0 saturated heterocycles. The summed E-state index contributed by atoms with van der Waals surface area (Å²) >= 11 is 0. The highest BCUT2D eigenvalue weighted by Gasteiger charge is 2.51. The maximum absolute atomic E-state index is 5.68. The van der Waals surface area contributed by atoms with Crippen LogP contribution in [0, 0.1) is 5.92 Å². The van der Waals surface area contributed by atoms with Crippen LogP contribution in [0.1, 0.15) is 25.8 Å². The molecule has 0 amide bonds. The number of likely N-dealkylation sites (N-methyl/N-ethyl adjacent to an activating group) is 1. The summed E-state index contributed by atoms with van der Waals surface area (Å²) in [4.78, 5) is 0. The van der Waals surface area contributed by atoms with Crippen LogP contribution in [0.3, 0.4) is 0 Å². The van der Waals surface area contributed by atoms with Gasteiger partial charge in [-0.1, -0.05) is 19.9 Å². The molecule has 1 aromatic rings. The molecule has 18 heavy (non-hydrogen) atoms. The minimum Gasteiger partial charge on any atom is -0.486 e. The molecule has 0 radical (unpaired) electrons. The lowest BCUT2D eigenvalue weighted by Crippen LogP contribution is -2.28. The maximum Gasteiger partial charge on any atom is 0.161 e. The van der Waals surface area contributed by atoms with Gasteiger partial charge in [0.2, 0.25) is 0 Å². The Bertz CT molecular complexity index is 446. The first-order valence-electron chi connectivity index (χ1n) is 6.87. The van der Waals surface area contributed by atoms with E-state index in [2.05, 4.69) is 37.4 Å². The van der Waals surface area contributed by atoms with Crippen molar-refractivity contribution in [3.8, 4) is 11.5 Å². The van der Waals surface area contributed by atoms with Gasteiger partial charge in [0.25, 0.3) is 0 Å². The van der Waals surface area contributed by atoms with Crippen LogP contribution in [0.2, 0.25) is 0 Å². The Hall–Kier alpha value is -1.22. The lowest BCUT2D eigenvalue weighted by atomic mass is 9.93. The molecule has 98 valence electrons. The molecule has 2 unspecified atom stereocenters. The Kier molecular flexibility index (Phi) is 2.94. The van der Waals surface area contributed by atoms with Crippen LogP contribution in [0.5, 0.6) is 11.5 Å². The number of hydrogen-bond donors (Lipinski definition) is 1. The Morgan fingerprint density at radius 2 is 2.00 bits per heavy atom.